The monoisotopic (exact) mass is 243 g/mol. The lowest BCUT2D eigenvalue weighted by Crippen LogP contribution is -2.12. The second-order valence-corrected chi connectivity index (χ2v) is 4.03. The topological polar surface area (TPSA) is 41.5 Å². The maximum Gasteiger partial charge on any atom is 0.137 e. The van der Waals surface area contributed by atoms with E-state index in [1.807, 2.05) is 25.2 Å². The Bertz CT molecular complexity index is 331. The van der Waals surface area contributed by atoms with Crippen molar-refractivity contribution in [1.82, 2.24) is 5.32 Å². The van der Waals surface area contributed by atoms with Gasteiger partial charge in [0, 0.05) is 19.1 Å². The van der Waals surface area contributed by atoms with E-state index < -0.39 is 0 Å². The SMILES string of the molecule is CNC(C)c1ccc(OCCCO)c(Cl)c1. The molecule has 0 bridgehead atoms. The number of hydrogen-bond donors (Lipinski definition) is 2. The van der Waals surface area contributed by atoms with Crippen molar-refractivity contribution in [2.45, 2.75) is 19.4 Å². The van der Waals surface area contributed by atoms with E-state index in [9.17, 15) is 0 Å². The number of nitrogens with one attached hydrogen (secondary N) is 1. The van der Waals surface area contributed by atoms with Gasteiger partial charge in [-0.1, -0.05) is 17.7 Å². The Kier molecular flexibility index (Phi) is 5.60. The molecule has 1 rings (SSSR count). The lowest BCUT2D eigenvalue weighted by atomic mass is 10.1. The molecule has 0 saturated heterocycles. The van der Waals surface area contributed by atoms with Gasteiger partial charge in [0.25, 0.3) is 0 Å². The third kappa shape index (κ3) is 3.67. The Morgan fingerprint density at radius 2 is 2.25 bits per heavy atom. The van der Waals surface area contributed by atoms with E-state index in [1.165, 1.54) is 0 Å². The van der Waals surface area contributed by atoms with E-state index in [-0.39, 0.29) is 12.6 Å². The van der Waals surface area contributed by atoms with Gasteiger partial charge in [-0.2, -0.15) is 0 Å². The zero-order valence-electron chi connectivity index (χ0n) is 9.66. The van der Waals surface area contributed by atoms with Gasteiger partial charge in [0.1, 0.15) is 5.75 Å². The van der Waals surface area contributed by atoms with Gasteiger partial charge in [-0.05, 0) is 31.7 Å². The summed E-state index contributed by atoms with van der Waals surface area (Å²) < 4.78 is 5.43. The standard InChI is InChI=1S/C12H18ClNO2/c1-9(14-2)10-4-5-12(11(13)8-10)16-7-3-6-15/h4-5,8-9,14-15H,3,6-7H2,1-2H3. The second kappa shape index (κ2) is 6.74. The van der Waals surface area contributed by atoms with Crippen LogP contribution in [0.2, 0.25) is 5.02 Å². The molecule has 0 spiro atoms. The van der Waals surface area contributed by atoms with Gasteiger partial charge in [0.2, 0.25) is 0 Å². The molecule has 3 nitrogen and oxygen atoms in total. The van der Waals surface area contributed by atoms with Crippen LogP contribution >= 0.6 is 11.6 Å². The molecule has 16 heavy (non-hydrogen) atoms. The normalized spacial score (nSPS) is 12.5. The summed E-state index contributed by atoms with van der Waals surface area (Å²) in [5, 5.41) is 12.4. The van der Waals surface area contributed by atoms with Gasteiger partial charge in [-0.15, -0.1) is 0 Å². The first-order chi connectivity index (χ1) is 7.69. The number of hydrogen-bond acceptors (Lipinski definition) is 3. The summed E-state index contributed by atoms with van der Waals surface area (Å²) in [4.78, 5) is 0. The average molecular weight is 244 g/mol. The fraction of sp³-hybridized carbons (Fsp3) is 0.500. The molecule has 0 amide bonds. The van der Waals surface area contributed by atoms with Crippen LogP contribution in [0.25, 0.3) is 0 Å². The summed E-state index contributed by atoms with van der Waals surface area (Å²) in [6.07, 6.45) is 0.616. The maximum atomic E-state index is 8.64. The van der Waals surface area contributed by atoms with E-state index in [1.54, 1.807) is 0 Å². The van der Waals surface area contributed by atoms with Crippen LogP contribution in [0.3, 0.4) is 0 Å². The minimum absolute atomic E-state index is 0.131. The summed E-state index contributed by atoms with van der Waals surface area (Å²) in [6.45, 7) is 2.68. The van der Waals surface area contributed by atoms with E-state index >= 15 is 0 Å². The van der Waals surface area contributed by atoms with Gasteiger partial charge in [0.15, 0.2) is 0 Å². The van der Waals surface area contributed by atoms with Crippen molar-refractivity contribution in [3.05, 3.63) is 28.8 Å². The molecular formula is C12H18ClNO2. The molecule has 0 aliphatic heterocycles. The number of aliphatic hydroxyl groups is 1. The molecule has 4 heteroatoms. The van der Waals surface area contributed by atoms with Gasteiger partial charge < -0.3 is 15.2 Å². The maximum absolute atomic E-state index is 8.64. The largest absolute Gasteiger partial charge is 0.492 e. The van der Waals surface area contributed by atoms with Gasteiger partial charge in [-0.25, -0.2) is 0 Å². The first-order valence-electron chi connectivity index (χ1n) is 5.39. The third-order valence-electron chi connectivity index (χ3n) is 2.45. The number of benzene rings is 1. The number of ether oxygens (including phenoxy) is 1. The predicted octanol–water partition coefficient (Wildman–Crippen LogP) is 2.38. The first kappa shape index (κ1) is 13.3. The fourth-order valence-corrected chi connectivity index (χ4v) is 1.56. The zero-order valence-corrected chi connectivity index (χ0v) is 10.4. The highest BCUT2D eigenvalue weighted by Crippen LogP contribution is 2.27. The highest BCUT2D eigenvalue weighted by atomic mass is 35.5. The van der Waals surface area contributed by atoms with Crippen LogP contribution in [-0.2, 0) is 0 Å². The van der Waals surface area contributed by atoms with Crippen molar-refractivity contribution in [2.24, 2.45) is 0 Å². The van der Waals surface area contributed by atoms with Gasteiger partial charge in [0.05, 0.1) is 11.6 Å². The predicted molar refractivity (Wildman–Crippen MR) is 66.1 cm³/mol. The molecule has 90 valence electrons. The van der Waals surface area contributed by atoms with Crippen LogP contribution in [0.5, 0.6) is 5.75 Å². The van der Waals surface area contributed by atoms with Crippen LogP contribution in [0, 0.1) is 0 Å². The minimum Gasteiger partial charge on any atom is -0.492 e. The Morgan fingerprint density at radius 1 is 1.50 bits per heavy atom. The summed E-state index contributed by atoms with van der Waals surface area (Å²) >= 11 is 6.09. The molecule has 0 aromatic heterocycles. The van der Waals surface area contributed by atoms with Crippen molar-refractivity contribution >= 4 is 11.6 Å². The van der Waals surface area contributed by atoms with Gasteiger partial charge >= 0.3 is 0 Å². The molecule has 1 aromatic rings. The number of halogens is 1. The van der Waals surface area contributed by atoms with Crippen LogP contribution in [-0.4, -0.2) is 25.4 Å². The van der Waals surface area contributed by atoms with E-state index in [0.29, 0.717) is 23.8 Å². The highest BCUT2D eigenvalue weighted by Gasteiger charge is 2.07. The molecule has 1 unspecified atom stereocenters. The molecule has 0 heterocycles. The fourth-order valence-electron chi connectivity index (χ4n) is 1.32. The van der Waals surface area contributed by atoms with Crippen LogP contribution in [0.4, 0.5) is 0 Å². The smallest absolute Gasteiger partial charge is 0.137 e. The van der Waals surface area contributed by atoms with E-state index in [0.717, 1.165) is 5.56 Å². The number of rotatable bonds is 6. The Labute approximate surface area is 101 Å². The van der Waals surface area contributed by atoms with Crippen molar-refractivity contribution in [2.75, 3.05) is 20.3 Å². The molecule has 2 N–H and O–H groups in total. The van der Waals surface area contributed by atoms with Crippen LogP contribution in [0.1, 0.15) is 24.9 Å². The minimum atomic E-state index is 0.131. The molecule has 0 aliphatic carbocycles. The molecule has 1 atom stereocenters. The van der Waals surface area contributed by atoms with Crippen LogP contribution in [0.15, 0.2) is 18.2 Å². The summed E-state index contributed by atoms with van der Waals surface area (Å²) in [5.41, 5.74) is 1.13. The summed E-state index contributed by atoms with van der Waals surface area (Å²) in [5.74, 6) is 0.669. The molecular weight excluding hydrogens is 226 g/mol. The average Bonchev–Trinajstić information content (AvgIpc) is 2.30. The van der Waals surface area contributed by atoms with Crippen LogP contribution < -0.4 is 10.1 Å². The Morgan fingerprint density at radius 3 is 2.81 bits per heavy atom. The molecule has 0 aliphatic rings. The van der Waals surface area contributed by atoms with Crippen molar-refractivity contribution in [3.8, 4) is 5.75 Å². The summed E-state index contributed by atoms with van der Waals surface area (Å²) in [6, 6.07) is 6.02. The van der Waals surface area contributed by atoms with Gasteiger partial charge in [-0.3, -0.25) is 0 Å². The highest BCUT2D eigenvalue weighted by molar-refractivity contribution is 6.32. The van der Waals surface area contributed by atoms with Crippen molar-refractivity contribution in [1.29, 1.82) is 0 Å². The number of aliphatic hydroxyl groups excluding tert-OH is 1. The first-order valence-corrected chi connectivity index (χ1v) is 5.77. The van der Waals surface area contributed by atoms with Crippen molar-refractivity contribution in [3.63, 3.8) is 0 Å². The molecule has 0 fully saturated rings. The third-order valence-corrected chi connectivity index (χ3v) is 2.74. The Balaban J connectivity index is 2.67. The molecule has 0 saturated carbocycles. The lowest BCUT2D eigenvalue weighted by Gasteiger charge is -2.13. The Hall–Kier alpha value is -0.770. The van der Waals surface area contributed by atoms with E-state index in [2.05, 4.69) is 12.2 Å². The quantitative estimate of drug-likeness (QED) is 0.754. The van der Waals surface area contributed by atoms with Crippen molar-refractivity contribution < 1.29 is 9.84 Å². The lowest BCUT2D eigenvalue weighted by molar-refractivity contribution is 0.233. The summed E-state index contributed by atoms with van der Waals surface area (Å²) in [7, 11) is 1.91. The van der Waals surface area contributed by atoms with E-state index in [4.69, 9.17) is 21.4 Å². The second-order valence-electron chi connectivity index (χ2n) is 3.63. The zero-order chi connectivity index (χ0) is 12.0. The molecule has 0 radical (unpaired) electrons. The molecule has 1 aromatic carbocycles.